The Kier molecular flexibility index (Phi) is 5.85. The van der Waals surface area contributed by atoms with Crippen LogP contribution >= 0.6 is 15.9 Å². The Bertz CT molecular complexity index is 401. The van der Waals surface area contributed by atoms with Crippen molar-refractivity contribution in [1.82, 2.24) is 4.90 Å². The fraction of sp³-hybridized carbons (Fsp3) is 0.417. The molecule has 0 heterocycles. The van der Waals surface area contributed by atoms with Crippen molar-refractivity contribution < 1.29 is 9.00 Å². The van der Waals surface area contributed by atoms with E-state index in [0.717, 1.165) is 4.47 Å². The van der Waals surface area contributed by atoms with Gasteiger partial charge in [-0.15, -0.1) is 0 Å². The number of amides is 1. The first-order chi connectivity index (χ1) is 8.08. The molecule has 1 aromatic rings. The zero-order valence-corrected chi connectivity index (χ0v) is 12.4. The first-order valence-electron chi connectivity index (χ1n) is 5.50. The summed E-state index contributed by atoms with van der Waals surface area (Å²) >= 11 is 3.32. The molecule has 0 N–H and O–H groups in total. The van der Waals surface area contributed by atoms with Crippen molar-refractivity contribution in [2.45, 2.75) is 18.7 Å². The summed E-state index contributed by atoms with van der Waals surface area (Å²) in [6.07, 6.45) is 0. The Labute approximate surface area is 113 Å². The van der Waals surface area contributed by atoms with Gasteiger partial charge in [-0.05, 0) is 38.1 Å². The molecule has 0 saturated heterocycles. The van der Waals surface area contributed by atoms with Crippen LogP contribution in [0.3, 0.4) is 0 Å². The molecule has 1 rings (SSSR count). The Morgan fingerprint density at radius 1 is 1.24 bits per heavy atom. The molecule has 0 spiro atoms. The normalized spacial score (nSPS) is 12.2. The van der Waals surface area contributed by atoms with Crippen molar-refractivity contribution in [3.63, 3.8) is 0 Å². The third-order valence-corrected chi connectivity index (χ3v) is 4.28. The smallest absolute Gasteiger partial charge is 0.235 e. The first kappa shape index (κ1) is 14.4. The second-order valence-corrected chi connectivity index (χ2v) is 5.88. The largest absolute Gasteiger partial charge is 0.342 e. The van der Waals surface area contributed by atoms with Gasteiger partial charge in [-0.25, -0.2) is 0 Å². The summed E-state index contributed by atoms with van der Waals surface area (Å²) in [7, 11) is -1.26. The maximum atomic E-state index is 12.0. The predicted molar refractivity (Wildman–Crippen MR) is 73.3 cm³/mol. The van der Waals surface area contributed by atoms with Crippen molar-refractivity contribution in [1.29, 1.82) is 0 Å². The van der Waals surface area contributed by atoms with E-state index in [4.69, 9.17) is 0 Å². The van der Waals surface area contributed by atoms with Gasteiger partial charge in [0.25, 0.3) is 0 Å². The van der Waals surface area contributed by atoms with Crippen LogP contribution in [0, 0.1) is 0 Å². The highest BCUT2D eigenvalue weighted by molar-refractivity contribution is 9.10. The average Bonchev–Trinajstić information content (AvgIpc) is 2.31. The molecule has 5 heteroatoms. The van der Waals surface area contributed by atoms with E-state index in [1.807, 2.05) is 26.0 Å². The van der Waals surface area contributed by atoms with Crippen molar-refractivity contribution in [3.05, 3.63) is 28.7 Å². The number of rotatable bonds is 5. The SMILES string of the molecule is CCN(CC)C(=O)CS(=O)c1ccc(Br)cc1. The van der Waals surface area contributed by atoms with Crippen LogP contribution in [0.25, 0.3) is 0 Å². The van der Waals surface area contributed by atoms with Gasteiger partial charge in [0, 0.05) is 22.5 Å². The highest BCUT2D eigenvalue weighted by Gasteiger charge is 2.14. The van der Waals surface area contributed by atoms with E-state index in [0.29, 0.717) is 18.0 Å². The minimum absolute atomic E-state index is 0.0588. The molecule has 17 heavy (non-hydrogen) atoms. The predicted octanol–water partition coefficient (Wildman–Crippen LogP) is 2.43. The molecule has 0 saturated carbocycles. The lowest BCUT2D eigenvalue weighted by Gasteiger charge is -2.18. The monoisotopic (exact) mass is 317 g/mol. The van der Waals surface area contributed by atoms with Crippen LogP contribution in [0.5, 0.6) is 0 Å². The number of nitrogens with zero attached hydrogens (tertiary/aromatic N) is 1. The molecule has 0 aliphatic carbocycles. The van der Waals surface area contributed by atoms with Gasteiger partial charge in [0.05, 0.1) is 10.8 Å². The minimum atomic E-state index is -1.26. The van der Waals surface area contributed by atoms with Crippen molar-refractivity contribution in [2.75, 3.05) is 18.8 Å². The number of hydrogen-bond acceptors (Lipinski definition) is 2. The van der Waals surface area contributed by atoms with Gasteiger partial charge in [-0.1, -0.05) is 15.9 Å². The zero-order valence-electron chi connectivity index (χ0n) is 9.98. The van der Waals surface area contributed by atoms with E-state index >= 15 is 0 Å². The molecule has 0 fully saturated rings. The summed E-state index contributed by atoms with van der Waals surface area (Å²) < 4.78 is 12.9. The maximum Gasteiger partial charge on any atom is 0.235 e. The van der Waals surface area contributed by atoms with Crippen LogP contribution in [0.1, 0.15) is 13.8 Å². The van der Waals surface area contributed by atoms with Crippen LogP contribution < -0.4 is 0 Å². The van der Waals surface area contributed by atoms with Gasteiger partial charge in [-0.3, -0.25) is 9.00 Å². The highest BCUT2D eigenvalue weighted by atomic mass is 79.9. The Morgan fingerprint density at radius 2 is 1.76 bits per heavy atom. The second-order valence-electron chi connectivity index (χ2n) is 3.51. The van der Waals surface area contributed by atoms with E-state index in [-0.39, 0.29) is 11.7 Å². The topological polar surface area (TPSA) is 37.4 Å². The number of halogens is 1. The first-order valence-corrected chi connectivity index (χ1v) is 7.61. The van der Waals surface area contributed by atoms with Gasteiger partial charge in [0.1, 0.15) is 5.75 Å². The third kappa shape index (κ3) is 4.24. The van der Waals surface area contributed by atoms with Gasteiger partial charge in [0.15, 0.2) is 0 Å². The lowest BCUT2D eigenvalue weighted by Crippen LogP contribution is -2.34. The number of benzene rings is 1. The molecule has 0 bridgehead atoms. The van der Waals surface area contributed by atoms with E-state index in [9.17, 15) is 9.00 Å². The summed E-state index contributed by atoms with van der Waals surface area (Å²) in [4.78, 5) is 14.2. The van der Waals surface area contributed by atoms with E-state index in [2.05, 4.69) is 15.9 Å². The molecule has 94 valence electrons. The van der Waals surface area contributed by atoms with Crippen LogP contribution in [0.15, 0.2) is 33.6 Å². The molecule has 3 nitrogen and oxygen atoms in total. The molecule has 0 aliphatic heterocycles. The third-order valence-electron chi connectivity index (χ3n) is 2.45. The fourth-order valence-corrected chi connectivity index (χ4v) is 2.73. The van der Waals surface area contributed by atoms with Crippen LogP contribution in [-0.2, 0) is 15.6 Å². The molecule has 1 unspecified atom stereocenters. The fourth-order valence-electron chi connectivity index (χ4n) is 1.45. The van der Waals surface area contributed by atoms with E-state index in [1.165, 1.54) is 0 Å². The van der Waals surface area contributed by atoms with E-state index in [1.54, 1.807) is 17.0 Å². The Morgan fingerprint density at radius 3 is 2.24 bits per heavy atom. The summed E-state index contributed by atoms with van der Waals surface area (Å²) in [5, 5.41) is 0. The summed E-state index contributed by atoms with van der Waals surface area (Å²) in [5.74, 6) is -0.000184. The number of hydrogen-bond donors (Lipinski definition) is 0. The molecule has 1 atom stereocenters. The van der Waals surface area contributed by atoms with Crippen molar-refractivity contribution in [3.8, 4) is 0 Å². The number of carbonyl (C=O) groups is 1. The molecule has 0 aromatic heterocycles. The van der Waals surface area contributed by atoms with Crippen molar-refractivity contribution >= 4 is 32.6 Å². The van der Waals surface area contributed by atoms with Crippen molar-refractivity contribution in [2.24, 2.45) is 0 Å². The summed E-state index contributed by atoms with van der Waals surface area (Å²) in [6, 6.07) is 7.20. The highest BCUT2D eigenvalue weighted by Crippen LogP contribution is 2.13. The quantitative estimate of drug-likeness (QED) is 0.836. The van der Waals surface area contributed by atoms with Gasteiger partial charge in [-0.2, -0.15) is 0 Å². The molecule has 0 aliphatic rings. The van der Waals surface area contributed by atoms with Gasteiger partial charge < -0.3 is 4.90 Å². The molecule has 1 amide bonds. The molecular weight excluding hydrogens is 302 g/mol. The zero-order chi connectivity index (χ0) is 12.8. The second kappa shape index (κ2) is 6.91. The lowest BCUT2D eigenvalue weighted by molar-refractivity contribution is -0.128. The minimum Gasteiger partial charge on any atom is -0.342 e. The summed E-state index contributed by atoms with van der Waals surface area (Å²) in [6.45, 7) is 5.16. The van der Waals surface area contributed by atoms with Crippen LogP contribution in [-0.4, -0.2) is 33.9 Å². The Hall–Kier alpha value is -0.680. The molecule has 1 aromatic carbocycles. The Balaban J connectivity index is 2.66. The van der Waals surface area contributed by atoms with Crippen LogP contribution in [0.2, 0.25) is 0 Å². The maximum absolute atomic E-state index is 12.0. The number of carbonyl (C=O) groups excluding carboxylic acids is 1. The van der Waals surface area contributed by atoms with Gasteiger partial charge in [0.2, 0.25) is 5.91 Å². The van der Waals surface area contributed by atoms with E-state index < -0.39 is 10.8 Å². The molecular formula is C12H16BrNO2S. The van der Waals surface area contributed by atoms with Crippen LogP contribution in [0.4, 0.5) is 0 Å². The van der Waals surface area contributed by atoms with Gasteiger partial charge >= 0.3 is 0 Å². The molecule has 0 radical (unpaired) electrons. The average molecular weight is 318 g/mol. The standard InChI is InChI=1S/C12H16BrNO2S/c1-3-14(4-2)12(15)9-17(16)11-7-5-10(13)6-8-11/h5-8H,3-4,9H2,1-2H3. The summed E-state index contributed by atoms with van der Waals surface area (Å²) in [5.41, 5.74) is 0. The lowest BCUT2D eigenvalue weighted by atomic mass is 10.4.